The molecule has 2 N–H and O–H groups in total. The fraction of sp³-hybridized carbons (Fsp3) is 0.0714. The van der Waals surface area contributed by atoms with Gasteiger partial charge in [-0.25, -0.2) is 4.79 Å². The molecule has 0 atom stereocenters. The SMILES string of the molecule is CC(=O)[NH2+]c1ccccc1-c1ccccc1. The Kier molecular flexibility index (Phi) is 3.13. The Hall–Kier alpha value is -1.93. The molecule has 0 heterocycles. The first kappa shape index (κ1) is 10.6. The molecule has 2 nitrogen and oxygen atoms in total. The summed E-state index contributed by atoms with van der Waals surface area (Å²) < 4.78 is 0. The highest BCUT2D eigenvalue weighted by Gasteiger charge is 2.09. The Labute approximate surface area is 94.9 Å². The molecule has 0 aliphatic rings. The molecule has 2 aromatic carbocycles. The highest BCUT2D eigenvalue weighted by molar-refractivity contribution is 5.76. The summed E-state index contributed by atoms with van der Waals surface area (Å²) in [6.07, 6.45) is 0. The first-order valence-electron chi connectivity index (χ1n) is 5.27. The number of rotatable bonds is 2. The van der Waals surface area contributed by atoms with Crippen molar-refractivity contribution >= 4 is 11.6 Å². The third kappa shape index (κ3) is 2.35. The third-order valence-corrected chi connectivity index (χ3v) is 2.40. The van der Waals surface area contributed by atoms with Gasteiger partial charge in [-0.2, -0.15) is 0 Å². The summed E-state index contributed by atoms with van der Waals surface area (Å²) in [5.41, 5.74) is 3.20. The molecule has 0 saturated carbocycles. The molecule has 2 aromatic rings. The predicted octanol–water partition coefficient (Wildman–Crippen LogP) is 2.09. The number of primary amides is 1. The van der Waals surface area contributed by atoms with Crippen LogP contribution < -0.4 is 5.32 Å². The summed E-state index contributed by atoms with van der Waals surface area (Å²) in [4.78, 5) is 11.1. The normalized spacial score (nSPS) is 10.1. The highest BCUT2D eigenvalue weighted by Crippen LogP contribution is 2.23. The van der Waals surface area contributed by atoms with Gasteiger partial charge in [0.15, 0.2) is 0 Å². The molecule has 1 amide bonds. The molecule has 0 bridgehead atoms. The van der Waals surface area contributed by atoms with E-state index in [-0.39, 0.29) is 5.91 Å². The van der Waals surface area contributed by atoms with E-state index in [2.05, 4.69) is 0 Å². The molecule has 0 fully saturated rings. The monoisotopic (exact) mass is 212 g/mol. The molecule has 16 heavy (non-hydrogen) atoms. The second kappa shape index (κ2) is 4.73. The molecule has 0 saturated heterocycles. The number of nitrogens with two attached hydrogens (primary N) is 1. The lowest BCUT2D eigenvalue weighted by molar-refractivity contribution is -0.481. The summed E-state index contributed by atoms with van der Waals surface area (Å²) in [5, 5.41) is 1.67. The Morgan fingerprint density at radius 1 is 0.938 bits per heavy atom. The van der Waals surface area contributed by atoms with Gasteiger partial charge in [-0.3, -0.25) is 5.32 Å². The maximum Gasteiger partial charge on any atom is 0.312 e. The lowest BCUT2D eigenvalue weighted by Crippen LogP contribution is -2.81. The first-order valence-corrected chi connectivity index (χ1v) is 5.27. The molecule has 2 rings (SSSR count). The van der Waals surface area contributed by atoms with Crippen LogP contribution in [-0.2, 0) is 4.79 Å². The molecule has 0 spiro atoms. The van der Waals surface area contributed by atoms with E-state index in [1.807, 2.05) is 54.6 Å². The summed E-state index contributed by atoms with van der Waals surface area (Å²) in [7, 11) is 0. The second-order valence-corrected chi connectivity index (χ2v) is 3.71. The van der Waals surface area contributed by atoms with E-state index in [0.29, 0.717) is 0 Å². The van der Waals surface area contributed by atoms with Crippen LogP contribution in [0.4, 0.5) is 5.69 Å². The third-order valence-electron chi connectivity index (χ3n) is 2.40. The van der Waals surface area contributed by atoms with Crippen LogP contribution in [0.1, 0.15) is 6.92 Å². The zero-order valence-electron chi connectivity index (χ0n) is 9.18. The van der Waals surface area contributed by atoms with Crippen molar-refractivity contribution in [2.75, 3.05) is 0 Å². The lowest BCUT2D eigenvalue weighted by Gasteiger charge is -2.05. The number of benzene rings is 2. The molecule has 0 aliphatic heterocycles. The van der Waals surface area contributed by atoms with E-state index in [1.165, 1.54) is 0 Å². The minimum Gasteiger partial charge on any atom is -0.251 e. The Morgan fingerprint density at radius 3 is 2.25 bits per heavy atom. The molecular weight excluding hydrogens is 198 g/mol. The van der Waals surface area contributed by atoms with E-state index >= 15 is 0 Å². The van der Waals surface area contributed by atoms with Gasteiger partial charge in [-0.05, 0) is 11.6 Å². The van der Waals surface area contributed by atoms with Gasteiger partial charge in [0.1, 0.15) is 5.69 Å². The number of para-hydroxylation sites is 1. The number of carbonyl (C=O) groups excluding carboxylic acids is 1. The largest absolute Gasteiger partial charge is 0.312 e. The minimum atomic E-state index is 0.0726. The number of quaternary nitrogens is 1. The summed E-state index contributed by atoms with van der Waals surface area (Å²) >= 11 is 0. The maximum atomic E-state index is 11.1. The van der Waals surface area contributed by atoms with Gasteiger partial charge in [-0.15, -0.1) is 0 Å². The molecule has 0 aromatic heterocycles. The molecule has 2 heteroatoms. The average molecular weight is 212 g/mol. The molecular formula is C14H14NO+. The van der Waals surface area contributed by atoms with Gasteiger partial charge in [0.05, 0.1) is 6.92 Å². The standard InChI is InChI=1S/C14H13NO/c1-11(16)15-14-10-6-5-9-13(14)12-7-3-2-4-8-12/h2-10H,1H3,(H,15,16)/p+1. The van der Waals surface area contributed by atoms with Crippen molar-refractivity contribution in [3.63, 3.8) is 0 Å². The van der Waals surface area contributed by atoms with Crippen molar-refractivity contribution in [2.24, 2.45) is 0 Å². The van der Waals surface area contributed by atoms with E-state index in [0.717, 1.165) is 16.8 Å². The summed E-state index contributed by atoms with van der Waals surface area (Å²) in [6, 6.07) is 18.0. The van der Waals surface area contributed by atoms with Crippen LogP contribution >= 0.6 is 0 Å². The average Bonchev–Trinajstić information content (AvgIpc) is 2.30. The van der Waals surface area contributed by atoms with Crippen LogP contribution in [0.3, 0.4) is 0 Å². The van der Waals surface area contributed by atoms with Gasteiger partial charge in [-0.1, -0.05) is 42.5 Å². The molecule has 0 radical (unpaired) electrons. The van der Waals surface area contributed by atoms with Crippen molar-refractivity contribution in [1.29, 1.82) is 0 Å². The van der Waals surface area contributed by atoms with Gasteiger partial charge < -0.3 is 0 Å². The highest BCUT2D eigenvalue weighted by atomic mass is 16.1. The predicted molar refractivity (Wildman–Crippen MR) is 64.1 cm³/mol. The quantitative estimate of drug-likeness (QED) is 0.760. The molecule has 0 unspecified atom stereocenters. The van der Waals surface area contributed by atoms with Crippen molar-refractivity contribution in [1.82, 2.24) is 0 Å². The summed E-state index contributed by atoms with van der Waals surface area (Å²) in [6.45, 7) is 1.57. The molecule has 80 valence electrons. The fourth-order valence-electron chi connectivity index (χ4n) is 1.72. The van der Waals surface area contributed by atoms with E-state index < -0.39 is 0 Å². The minimum absolute atomic E-state index is 0.0726. The van der Waals surface area contributed by atoms with Gasteiger partial charge in [0.25, 0.3) is 0 Å². The smallest absolute Gasteiger partial charge is 0.251 e. The van der Waals surface area contributed by atoms with Crippen LogP contribution in [-0.4, -0.2) is 5.91 Å². The summed E-state index contributed by atoms with van der Waals surface area (Å²) in [5.74, 6) is 0.0726. The van der Waals surface area contributed by atoms with Crippen molar-refractivity contribution in [3.8, 4) is 11.1 Å². The van der Waals surface area contributed by atoms with Crippen molar-refractivity contribution < 1.29 is 10.1 Å². The Balaban J connectivity index is 2.44. The van der Waals surface area contributed by atoms with Gasteiger partial charge >= 0.3 is 5.91 Å². The fourth-order valence-corrected chi connectivity index (χ4v) is 1.72. The van der Waals surface area contributed by atoms with Crippen LogP contribution in [0.2, 0.25) is 0 Å². The van der Waals surface area contributed by atoms with Gasteiger partial charge in [0, 0.05) is 11.6 Å². The topological polar surface area (TPSA) is 33.7 Å². The number of carbonyl (C=O) groups is 1. The Morgan fingerprint density at radius 2 is 1.56 bits per heavy atom. The molecule has 0 aliphatic carbocycles. The zero-order valence-corrected chi connectivity index (χ0v) is 9.18. The van der Waals surface area contributed by atoms with Crippen LogP contribution in [0.5, 0.6) is 0 Å². The first-order chi connectivity index (χ1) is 7.77. The van der Waals surface area contributed by atoms with Crippen LogP contribution in [0.15, 0.2) is 54.6 Å². The lowest BCUT2D eigenvalue weighted by atomic mass is 10.0. The number of hydrogen-bond donors (Lipinski definition) is 1. The second-order valence-electron chi connectivity index (χ2n) is 3.71. The number of hydrogen-bond acceptors (Lipinski definition) is 1. The van der Waals surface area contributed by atoms with E-state index in [9.17, 15) is 4.79 Å². The van der Waals surface area contributed by atoms with E-state index in [4.69, 9.17) is 0 Å². The van der Waals surface area contributed by atoms with Crippen molar-refractivity contribution in [2.45, 2.75) is 6.92 Å². The van der Waals surface area contributed by atoms with Crippen molar-refractivity contribution in [3.05, 3.63) is 54.6 Å². The van der Waals surface area contributed by atoms with E-state index in [1.54, 1.807) is 12.2 Å². The van der Waals surface area contributed by atoms with Crippen LogP contribution in [0.25, 0.3) is 11.1 Å². The Bertz CT molecular complexity index is 491. The van der Waals surface area contributed by atoms with Gasteiger partial charge in [0.2, 0.25) is 0 Å². The number of amides is 1. The van der Waals surface area contributed by atoms with Crippen LogP contribution in [0, 0.1) is 0 Å². The maximum absolute atomic E-state index is 11.1. The zero-order chi connectivity index (χ0) is 11.4.